The third-order valence-corrected chi connectivity index (χ3v) is 3.45. The van der Waals surface area contributed by atoms with Crippen molar-refractivity contribution in [1.29, 1.82) is 0 Å². The Morgan fingerprint density at radius 2 is 2.00 bits per heavy atom. The minimum atomic E-state index is -2.77. The Labute approximate surface area is 69.2 Å². The molecule has 0 aliphatic rings. The maximum atomic E-state index is 11.0. The van der Waals surface area contributed by atoms with Crippen molar-refractivity contribution < 1.29 is 8.42 Å². The third kappa shape index (κ3) is 5.01. The van der Waals surface area contributed by atoms with E-state index < -0.39 is 9.84 Å². The summed E-state index contributed by atoms with van der Waals surface area (Å²) in [6.45, 7) is 5.55. The second-order valence-electron chi connectivity index (χ2n) is 2.62. The van der Waals surface area contributed by atoms with Crippen molar-refractivity contribution in [3.05, 3.63) is 11.6 Å². The number of hydrogen-bond acceptors (Lipinski definition) is 2. The van der Waals surface area contributed by atoms with E-state index in [1.807, 2.05) is 19.9 Å². The van der Waals surface area contributed by atoms with E-state index in [4.69, 9.17) is 0 Å². The van der Waals surface area contributed by atoms with Crippen molar-refractivity contribution in [3.8, 4) is 0 Å². The van der Waals surface area contributed by atoms with Gasteiger partial charge >= 0.3 is 0 Å². The fourth-order valence-electron chi connectivity index (χ4n) is 0.605. The molecule has 0 aromatic rings. The van der Waals surface area contributed by atoms with E-state index in [9.17, 15) is 8.42 Å². The molecule has 0 spiro atoms. The van der Waals surface area contributed by atoms with Gasteiger partial charge in [-0.1, -0.05) is 18.6 Å². The van der Waals surface area contributed by atoms with Gasteiger partial charge in [0.25, 0.3) is 0 Å². The highest BCUT2D eigenvalue weighted by Gasteiger charge is 2.05. The zero-order valence-electron chi connectivity index (χ0n) is 7.42. The van der Waals surface area contributed by atoms with Crippen molar-refractivity contribution in [2.75, 3.05) is 11.5 Å². The second-order valence-corrected chi connectivity index (χ2v) is 5.09. The number of rotatable bonds is 4. The lowest BCUT2D eigenvalue weighted by Crippen LogP contribution is -2.08. The number of allylic oxidation sites excluding steroid dienone is 2. The second kappa shape index (κ2) is 4.54. The Bertz CT molecular complexity index is 224. The van der Waals surface area contributed by atoms with E-state index in [0.29, 0.717) is 12.2 Å². The fraction of sp³-hybridized carbons (Fsp3) is 0.750. The lowest BCUT2D eigenvalue weighted by atomic mass is 10.2. The number of hydrogen-bond donors (Lipinski definition) is 0. The van der Waals surface area contributed by atoms with E-state index in [-0.39, 0.29) is 5.75 Å². The molecule has 2 nitrogen and oxygen atoms in total. The highest BCUT2D eigenvalue weighted by atomic mass is 32.2. The van der Waals surface area contributed by atoms with Crippen molar-refractivity contribution in [3.63, 3.8) is 0 Å². The van der Waals surface area contributed by atoms with Crippen LogP contribution in [0.3, 0.4) is 0 Å². The summed E-state index contributed by atoms with van der Waals surface area (Å²) in [6.07, 6.45) is 2.62. The molecule has 0 unspecified atom stereocenters. The molecule has 0 amide bonds. The van der Waals surface area contributed by atoms with Crippen LogP contribution < -0.4 is 0 Å². The van der Waals surface area contributed by atoms with E-state index in [0.717, 1.165) is 5.57 Å². The van der Waals surface area contributed by atoms with Crippen LogP contribution in [-0.4, -0.2) is 19.9 Å². The first kappa shape index (κ1) is 10.7. The highest BCUT2D eigenvalue weighted by molar-refractivity contribution is 7.91. The smallest absolute Gasteiger partial charge is 0.150 e. The average molecular weight is 176 g/mol. The van der Waals surface area contributed by atoms with Gasteiger partial charge in [0.05, 0.1) is 5.75 Å². The molecule has 0 aliphatic carbocycles. The first-order valence-electron chi connectivity index (χ1n) is 3.84. The summed E-state index contributed by atoms with van der Waals surface area (Å²) in [5, 5.41) is 0. The third-order valence-electron chi connectivity index (χ3n) is 1.74. The first-order chi connectivity index (χ1) is 5.02. The molecule has 0 aromatic carbocycles. The Morgan fingerprint density at radius 3 is 2.36 bits per heavy atom. The monoisotopic (exact) mass is 176 g/mol. The van der Waals surface area contributed by atoms with Gasteiger partial charge in [-0.3, -0.25) is 0 Å². The molecular weight excluding hydrogens is 160 g/mol. The summed E-state index contributed by atoms with van der Waals surface area (Å²) in [7, 11) is -2.77. The minimum absolute atomic E-state index is 0.254. The van der Waals surface area contributed by atoms with Gasteiger partial charge in [0, 0.05) is 5.75 Å². The van der Waals surface area contributed by atoms with Crippen LogP contribution in [0, 0.1) is 0 Å². The molecule has 0 heterocycles. The summed E-state index contributed by atoms with van der Waals surface area (Å²) < 4.78 is 22.0. The van der Waals surface area contributed by atoms with Crippen LogP contribution >= 0.6 is 0 Å². The van der Waals surface area contributed by atoms with Crippen LogP contribution in [0.15, 0.2) is 11.6 Å². The van der Waals surface area contributed by atoms with Gasteiger partial charge in [0.15, 0.2) is 0 Å². The van der Waals surface area contributed by atoms with E-state index in [1.165, 1.54) is 0 Å². The summed E-state index contributed by atoms with van der Waals surface area (Å²) in [6, 6.07) is 0. The van der Waals surface area contributed by atoms with Crippen molar-refractivity contribution in [2.45, 2.75) is 27.2 Å². The van der Waals surface area contributed by atoms with Crippen molar-refractivity contribution in [2.24, 2.45) is 0 Å². The zero-order valence-corrected chi connectivity index (χ0v) is 8.24. The fourth-order valence-corrected chi connectivity index (χ4v) is 1.53. The Balaban J connectivity index is 3.91. The van der Waals surface area contributed by atoms with Crippen LogP contribution in [0.4, 0.5) is 0 Å². The SMILES string of the molecule is CC=C(C)CCS(=O)(=O)CC. The van der Waals surface area contributed by atoms with Crippen molar-refractivity contribution >= 4 is 9.84 Å². The molecule has 0 aliphatic heterocycles. The average Bonchev–Trinajstić information content (AvgIpc) is 2.00. The molecule has 0 aromatic heterocycles. The van der Waals surface area contributed by atoms with E-state index in [2.05, 4.69) is 0 Å². The standard InChI is InChI=1S/C8H16O2S/c1-4-8(3)6-7-11(9,10)5-2/h4H,5-7H2,1-3H3. The summed E-state index contributed by atoms with van der Waals surface area (Å²) in [4.78, 5) is 0. The molecule has 0 radical (unpaired) electrons. The highest BCUT2D eigenvalue weighted by Crippen LogP contribution is 2.02. The number of sulfone groups is 1. The molecule has 0 saturated heterocycles. The van der Waals surface area contributed by atoms with Crippen LogP contribution in [0.5, 0.6) is 0 Å². The lowest BCUT2D eigenvalue weighted by molar-refractivity contribution is 0.596. The maximum Gasteiger partial charge on any atom is 0.150 e. The lowest BCUT2D eigenvalue weighted by Gasteiger charge is -2.00. The van der Waals surface area contributed by atoms with Gasteiger partial charge in [-0.25, -0.2) is 8.42 Å². The minimum Gasteiger partial charge on any atom is -0.229 e. The molecule has 0 atom stereocenters. The van der Waals surface area contributed by atoms with Gasteiger partial charge < -0.3 is 0 Å². The molecule has 0 N–H and O–H groups in total. The summed E-state index contributed by atoms with van der Waals surface area (Å²) in [5.74, 6) is 0.545. The summed E-state index contributed by atoms with van der Waals surface area (Å²) >= 11 is 0. The van der Waals surface area contributed by atoms with Crippen molar-refractivity contribution in [1.82, 2.24) is 0 Å². The quantitative estimate of drug-likeness (QED) is 0.612. The maximum absolute atomic E-state index is 11.0. The molecule has 0 bridgehead atoms. The van der Waals surface area contributed by atoms with Crippen LogP contribution in [0.25, 0.3) is 0 Å². The van der Waals surface area contributed by atoms with Crippen LogP contribution in [-0.2, 0) is 9.84 Å². The molecule has 0 rings (SSSR count). The predicted molar refractivity (Wildman–Crippen MR) is 48.4 cm³/mol. The van der Waals surface area contributed by atoms with Crippen LogP contribution in [0.2, 0.25) is 0 Å². The predicted octanol–water partition coefficient (Wildman–Crippen LogP) is 1.78. The molecular formula is C8H16O2S. The van der Waals surface area contributed by atoms with Gasteiger partial charge in [-0.05, 0) is 20.3 Å². The van der Waals surface area contributed by atoms with E-state index in [1.54, 1.807) is 6.92 Å². The molecule has 66 valence electrons. The van der Waals surface area contributed by atoms with Crippen LogP contribution in [0.1, 0.15) is 27.2 Å². The Hall–Kier alpha value is -0.310. The molecule has 0 fully saturated rings. The van der Waals surface area contributed by atoms with Gasteiger partial charge in [-0.15, -0.1) is 0 Å². The molecule has 3 heteroatoms. The summed E-state index contributed by atoms with van der Waals surface area (Å²) in [5.41, 5.74) is 1.14. The first-order valence-corrected chi connectivity index (χ1v) is 5.66. The Morgan fingerprint density at radius 1 is 1.45 bits per heavy atom. The molecule has 0 saturated carbocycles. The van der Waals surface area contributed by atoms with E-state index >= 15 is 0 Å². The van der Waals surface area contributed by atoms with Gasteiger partial charge in [0.1, 0.15) is 9.84 Å². The Kier molecular flexibility index (Phi) is 4.42. The zero-order chi connectivity index (χ0) is 8.91. The van der Waals surface area contributed by atoms with Gasteiger partial charge in [-0.2, -0.15) is 0 Å². The normalized spacial score (nSPS) is 13.5. The molecule has 11 heavy (non-hydrogen) atoms. The van der Waals surface area contributed by atoms with Gasteiger partial charge in [0.2, 0.25) is 0 Å². The topological polar surface area (TPSA) is 34.1 Å². The largest absolute Gasteiger partial charge is 0.229 e.